The van der Waals surface area contributed by atoms with Crippen molar-refractivity contribution in [2.45, 2.75) is 31.2 Å². The molecule has 1 heterocycles. The molecule has 0 saturated carbocycles. The summed E-state index contributed by atoms with van der Waals surface area (Å²) >= 11 is -1.22. The van der Waals surface area contributed by atoms with Crippen LogP contribution in [0, 0.1) is 5.82 Å². The molecule has 0 aliphatic heterocycles. The Balaban J connectivity index is 1.73. The number of hydrogen-bond acceptors (Lipinski definition) is 4. The predicted octanol–water partition coefficient (Wildman–Crippen LogP) is 3.10. The Bertz CT molecular complexity index is 1060. The molecule has 1 aliphatic carbocycles. The van der Waals surface area contributed by atoms with Crippen LogP contribution in [-0.2, 0) is 24.2 Å². The smallest absolute Gasteiger partial charge is 0.254 e. The molecule has 150 valence electrons. The van der Waals surface area contributed by atoms with Crippen molar-refractivity contribution in [3.05, 3.63) is 87.9 Å². The van der Waals surface area contributed by atoms with Crippen molar-refractivity contribution in [3.63, 3.8) is 0 Å². The van der Waals surface area contributed by atoms with Gasteiger partial charge in [-0.05, 0) is 48.1 Å². The molecular formula is C22H22FN3O2S. The number of nitrogens with zero attached hydrogens (tertiary/aromatic N) is 1. The third-order valence-electron chi connectivity index (χ3n) is 5.36. The van der Waals surface area contributed by atoms with Crippen LogP contribution in [0.2, 0.25) is 0 Å². The van der Waals surface area contributed by atoms with Gasteiger partial charge in [0, 0.05) is 22.8 Å². The van der Waals surface area contributed by atoms with Gasteiger partial charge < -0.3 is 9.54 Å². The van der Waals surface area contributed by atoms with Gasteiger partial charge >= 0.3 is 0 Å². The van der Waals surface area contributed by atoms with E-state index >= 15 is 0 Å². The molecule has 0 spiro atoms. The Morgan fingerprint density at radius 2 is 2.03 bits per heavy atom. The maximum atomic E-state index is 14.4. The summed E-state index contributed by atoms with van der Waals surface area (Å²) in [5.41, 5.74) is 3.69. The topological polar surface area (TPSA) is 80.8 Å². The number of aryl methyl sites for hydroxylation is 1. The summed E-state index contributed by atoms with van der Waals surface area (Å²) in [5, 5.41) is 0. The molecule has 0 radical (unpaired) electrons. The van der Waals surface area contributed by atoms with Crippen molar-refractivity contribution >= 4 is 11.4 Å². The second-order valence-electron chi connectivity index (χ2n) is 7.33. The van der Waals surface area contributed by atoms with E-state index in [1.807, 2.05) is 36.4 Å². The second-order valence-corrected chi connectivity index (χ2v) is 8.48. The highest BCUT2D eigenvalue weighted by Gasteiger charge is 2.34. The molecule has 0 fully saturated rings. The third-order valence-corrected chi connectivity index (χ3v) is 5.99. The van der Waals surface area contributed by atoms with Crippen molar-refractivity contribution in [2.75, 3.05) is 6.26 Å². The van der Waals surface area contributed by atoms with E-state index in [2.05, 4.69) is 14.7 Å². The van der Waals surface area contributed by atoms with E-state index in [0.29, 0.717) is 24.8 Å². The zero-order valence-corrected chi connectivity index (χ0v) is 16.8. The Morgan fingerprint density at radius 1 is 1.24 bits per heavy atom. The summed E-state index contributed by atoms with van der Waals surface area (Å²) < 4.78 is 29.3. The molecular weight excluding hydrogens is 389 g/mol. The van der Waals surface area contributed by atoms with Gasteiger partial charge in [0.2, 0.25) is 0 Å². The molecule has 2 aromatic carbocycles. The maximum Gasteiger partial charge on any atom is 0.254 e. The number of hydrogen-bond donors (Lipinski definition) is 2. The van der Waals surface area contributed by atoms with Crippen molar-refractivity contribution < 1.29 is 8.94 Å². The first-order chi connectivity index (χ1) is 14.0. The van der Waals surface area contributed by atoms with Crippen LogP contribution < -0.4 is 10.3 Å². The molecule has 3 aromatic rings. The quantitative estimate of drug-likeness (QED) is 0.632. The lowest BCUT2D eigenvalue weighted by molar-refractivity contribution is 0.421. The van der Waals surface area contributed by atoms with E-state index in [4.69, 9.17) is 0 Å². The lowest BCUT2D eigenvalue weighted by Gasteiger charge is -2.32. The molecule has 29 heavy (non-hydrogen) atoms. The number of benzene rings is 2. The van der Waals surface area contributed by atoms with Crippen LogP contribution in [0.3, 0.4) is 0 Å². The van der Waals surface area contributed by atoms with E-state index in [1.165, 1.54) is 18.5 Å². The van der Waals surface area contributed by atoms with Gasteiger partial charge in [-0.15, -0.1) is 4.72 Å². The average molecular weight is 412 g/mol. The van der Waals surface area contributed by atoms with Crippen LogP contribution in [0.5, 0.6) is 0 Å². The first-order valence-electron chi connectivity index (χ1n) is 9.52. The lowest BCUT2D eigenvalue weighted by Crippen LogP contribution is -2.44. The van der Waals surface area contributed by atoms with Crippen LogP contribution in [0.1, 0.15) is 29.2 Å². The van der Waals surface area contributed by atoms with Gasteiger partial charge in [0.25, 0.3) is 5.56 Å². The fourth-order valence-corrected chi connectivity index (χ4v) is 4.85. The van der Waals surface area contributed by atoms with Crippen LogP contribution in [0.25, 0.3) is 11.1 Å². The zero-order chi connectivity index (χ0) is 20.4. The van der Waals surface area contributed by atoms with Crippen molar-refractivity contribution in [2.24, 2.45) is 0 Å². The summed E-state index contributed by atoms with van der Waals surface area (Å²) in [6.45, 7) is 0. The van der Waals surface area contributed by atoms with Crippen LogP contribution >= 0.6 is 0 Å². The summed E-state index contributed by atoms with van der Waals surface area (Å²) in [7, 11) is 0. The minimum atomic E-state index is -1.22. The largest absolute Gasteiger partial charge is 0.598 e. The highest BCUT2D eigenvalue weighted by molar-refractivity contribution is 7.88. The highest BCUT2D eigenvalue weighted by Crippen LogP contribution is 2.33. The van der Waals surface area contributed by atoms with Crippen molar-refractivity contribution in [1.82, 2.24) is 14.7 Å². The maximum absolute atomic E-state index is 14.4. The van der Waals surface area contributed by atoms with Crippen LogP contribution in [0.4, 0.5) is 4.39 Å². The SMILES string of the molecule is C[S+]([O-])NC1CCc2nc[nH]c(=O)c2C1Cc1cc(F)cc(-c2ccccc2)c1. The normalized spacial score (nSPS) is 19.6. The molecule has 1 aliphatic rings. The van der Waals surface area contributed by atoms with Crippen molar-refractivity contribution in [3.8, 4) is 11.1 Å². The minimum absolute atomic E-state index is 0.151. The Hall–Kier alpha value is -2.48. The van der Waals surface area contributed by atoms with Gasteiger partial charge in [0.15, 0.2) is 0 Å². The first kappa shape index (κ1) is 19.8. The number of nitrogens with one attached hydrogen (secondary N) is 2. The van der Waals surface area contributed by atoms with E-state index < -0.39 is 11.4 Å². The monoisotopic (exact) mass is 411 g/mol. The number of aromatic nitrogens is 2. The summed E-state index contributed by atoms with van der Waals surface area (Å²) in [4.78, 5) is 19.6. The first-order valence-corrected chi connectivity index (χ1v) is 11.1. The van der Waals surface area contributed by atoms with Gasteiger partial charge in [-0.3, -0.25) is 4.79 Å². The van der Waals surface area contributed by atoms with E-state index in [-0.39, 0.29) is 23.3 Å². The Labute approximate surface area is 171 Å². The average Bonchev–Trinajstić information content (AvgIpc) is 2.70. The minimum Gasteiger partial charge on any atom is -0.598 e. The lowest BCUT2D eigenvalue weighted by atomic mass is 9.78. The molecule has 0 bridgehead atoms. The second kappa shape index (κ2) is 8.49. The number of halogens is 1. The number of H-pyrrole nitrogens is 1. The molecule has 3 unspecified atom stereocenters. The Kier molecular flexibility index (Phi) is 5.80. The number of aromatic amines is 1. The van der Waals surface area contributed by atoms with E-state index in [0.717, 1.165) is 22.4 Å². The molecule has 2 N–H and O–H groups in total. The standard InChI is InChI=1S/C22H22FN3O2S/c1-29(28)26-19-7-8-20-21(22(27)25-13-24-20)18(19)11-14-9-16(12-17(23)10-14)15-5-3-2-4-6-15/h2-6,9-10,12-13,18-19,26H,7-8,11H2,1H3,(H,24,25,27). The molecule has 0 saturated heterocycles. The third kappa shape index (κ3) is 4.42. The van der Waals surface area contributed by atoms with Gasteiger partial charge in [0.1, 0.15) is 12.1 Å². The highest BCUT2D eigenvalue weighted by atomic mass is 32.2. The van der Waals surface area contributed by atoms with Gasteiger partial charge in [-0.25, -0.2) is 9.37 Å². The molecule has 0 amide bonds. The number of rotatable bonds is 5. The molecule has 4 rings (SSSR count). The fraction of sp³-hybridized carbons (Fsp3) is 0.273. The zero-order valence-electron chi connectivity index (χ0n) is 16.0. The number of fused-ring (bicyclic) bond motifs is 1. The van der Waals surface area contributed by atoms with Gasteiger partial charge in [0.05, 0.1) is 18.1 Å². The van der Waals surface area contributed by atoms with Crippen molar-refractivity contribution in [1.29, 1.82) is 0 Å². The molecule has 7 heteroatoms. The predicted molar refractivity (Wildman–Crippen MR) is 112 cm³/mol. The van der Waals surface area contributed by atoms with E-state index in [9.17, 15) is 13.7 Å². The summed E-state index contributed by atoms with van der Waals surface area (Å²) in [6.07, 6.45) is 4.81. The molecule has 5 nitrogen and oxygen atoms in total. The van der Waals surface area contributed by atoms with Crippen LogP contribution in [0.15, 0.2) is 59.7 Å². The van der Waals surface area contributed by atoms with E-state index in [1.54, 1.807) is 6.26 Å². The Morgan fingerprint density at radius 3 is 2.79 bits per heavy atom. The van der Waals surface area contributed by atoms with Gasteiger partial charge in [-0.2, -0.15) is 0 Å². The fourth-order valence-electron chi connectivity index (χ4n) is 4.14. The van der Waals surface area contributed by atoms with Crippen LogP contribution in [-0.4, -0.2) is 26.8 Å². The van der Waals surface area contributed by atoms with Gasteiger partial charge in [-0.1, -0.05) is 36.4 Å². The summed E-state index contributed by atoms with van der Waals surface area (Å²) in [5.74, 6) is -0.563. The molecule has 3 atom stereocenters. The summed E-state index contributed by atoms with van der Waals surface area (Å²) in [6, 6.07) is 14.5. The molecule has 1 aromatic heterocycles.